The zero-order valence-electron chi connectivity index (χ0n) is 15.5. The van der Waals surface area contributed by atoms with Crippen molar-refractivity contribution in [3.63, 3.8) is 0 Å². The molecule has 1 N–H and O–H groups in total. The van der Waals surface area contributed by atoms with E-state index in [9.17, 15) is 5.26 Å². The molecule has 3 heterocycles. The summed E-state index contributed by atoms with van der Waals surface area (Å²) in [5, 5.41) is 16.7. The van der Waals surface area contributed by atoms with E-state index in [4.69, 9.17) is 0 Å². The molecule has 1 aliphatic rings. The molecule has 0 radical (unpaired) electrons. The molecule has 3 aromatic rings. The summed E-state index contributed by atoms with van der Waals surface area (Å²) in [6.45, 7) is 5.86. The van der Waals surface area contributed by atoms with Crippen molar-refractivity contribution in [2.75, 3.05) is 18.4 Å². The number of benzene rings is 1. The first-order chi connectivity index (χ1) is 13.8. The predicted octanol–water partition coefficient (Wildman–Crippen LogP) is 4.84. The molecule has 0 saturated carbocycles. The van der Waals surface area contributed by atoms with Crippen LogP contribution in [-0.4, -0.2) is 33.4 Å². The highest BCUT2D eigenvalue weighted by Gasteiger charge is 2.19. The summed E-state index contributed by atoms with van der Waals surface area (Å²) in [6, 6.07) is 14.2. The Morgan fingerprint density at radius 1 is 1.21 bits per heavy atom. The summed E-state index contributed by atoms with van der Waals surface area (Å²) in [4.78, 5) is 9.19. The van der Waals surface area contributed by atoms with Crippen molar-refractivity contribution in [2.45, 2.75) is 18.9 Å². The van der Waals surface area contributed by atoms with E-state index in [2.05, 4.69) is 38.3 Å². The van der Waals surface area contributed by atoms with Gasteiger partial charge < -0.3 is 5.32 Å². The second-order valence-electron chi connectivity index (χ2n) is 6.76. The molecular formula is C22H21N5S. The normalized spacial score (nSPS) is 15.2. The molecule has 1 aliphatic heterocycles. The third-order valence-corrected chi connectivity index (χ3v) is 5.75. The van der Waals surface area contributed by atoms with Gasteiger partial charge in [-0.1, -0.05) is 30.7 Å². The molecule has 5 nitrogen and oxygen atoms in total. The lowest BCUT2D eigenvalue weighted by Gasteiger charge is -2.30. The maximum absolute atomic E-state index is 9.20. The minimum atomic E-state index is 0.411. The van der Waals surface area contributed by atoms with Gasteiger partial charge in [0, 0.05) is 47.9 Å². The van der Waals surface area contributed by atoms with Crippen molar-refractivity contribution < 1.29 is 0 Å². The molecular weight excluding hydrogens is 366 g/mol. The molecule has 1 fully saturated rings. The Morgan fingerprint density at radius 3 is 2.86 bits per heavy atom. The Hall–Kier alpha value is -2.88. The average molecular weight is 388 g/mol. The second kappa shape index (κ2) is 8.42. The van der Waals surface area contributed by atoms with Crippen LogP contribution in [0.1, 0.15) is 18.4 Å². The summed E-state index contributed by atoms with van der Waals surface area (Å²) in [7, 11) is 0. The smallest absolute Gasteiger partial charge is 0.126 e. The lowest BCUT2D eigenvalue weighted by Crippen LogP contribution is -2.35. The van der Waals surface area contributed by atoms with Crippen LogP contribution in [0.2, 0.25) is 0 Å². The number of nitrogens with zero attached hydrogens (tertiary/aromatic N) is 4. The number of anilines is 1. The molecule has 0 unspecified atom stereocenters. The second-order valence-corrected chi connectivity index (χ2v) is 7.82. The van der Waals surface area contributed by atoms with Crippen LogP contribution in [0.4, 0.5) is 5.82 Å². The first kappa shape index (κ1) is 18.5. The molecule has 0 atom stereocenters. The largest absolute Gasteiger partial charge is 0.367 e. The summed E-state index contributed by atoms with van der Waals surface area (Å²) in [6.07, 6.45) is 5.83. The molecule has 28 heavy (non-hydrogen) atoms. The number of nitriles is 1. The topological polar surface area (TPSA) is 64.8 Å². The standard InChI is InChI=1S/C22H21N5S/c1-2-28-27-10-7-19(8-11-27)26-21-13-20-18(15-25-21)6-9-24-22(20)17-5-3-4-16(12-17)14-23/h2-6,9,12-13,15,19H,1,7-8,10-11H2,(H,25,26). The number of nitrogens with one attached hydrogen (secondary N) is 1. The van der Waals surface area contributed by atoms with Gasteiger partial charge in [-0.25, -0.2) is 9.29 Å². The Labute approximate surface area is 169 Å². The third kappa shape index (κ3) is 4.01. The van der Waals surface area contributed by atoms with Crippen LogP contribution >= 0.6 is 11.9 Å². The van der Waals surface area contributed by atoms with Crippen LogP contribution < -0.4 is 5.32 Å². The summed E-state index contributed by atoms with van der Waals surface area (Å²) in [5.74, 6) is 0.869. The van der Waals surface area contributed by atoms with Crippen LogP contribution in [0, 0.1) is 11.3 Å². The van der Waals surface area contributed by atoms with Crippen LogP contribution in [0.3, 0.4) is 0 Å². The van der Waals surface area contributed by atoms with Crippen molar-refractivity contribution >= 4 is 28.5 Å². The fourth-order valence-electron chi connectivity index (χ4n) is 3.53. The summed E-state index contributed by atoms with van der Waals surface area (Å²) in [5.41, 5.74) is 2.45. The lowest BCUT2D eigenvalue weighted by atomic mass is 10.0. The van der Waals surface area contributed by atoms with E-state index in [1.54, 1.807) is 24.2 Å². The zero-order valence-corrected chi connectivity index (χ0v) is 16.3. The predicted molar refractivity (Wildman–Crippen MR) is 116 cm³/mol. The molecule has 2 aromatic heterocycles. The summed E-state index contributed by atoms with van der Waals surface area (Å²) >= 11 is 1.69. The first-order valence-electron chi connectivity index (χ1n) is 9.31. The quantitative estimate of drug-likeness (QED) is 0.632. The highest BCUT2D eigenvalue weighted by atomic mass is 32.2. The summed E-state index contributed by atoms with van der Waals surface area (Å²) < 4.78 is 2.34. The van der Waals surface area contributed by atoms with Crippen LogP contribution in [0.5, 0.6) is 0 Å². The molecule has 0 amide bonds. The molecule has 0 bridgehead atoms. The number of aromatic nitrogens is 2. The Morgan fingerprint density at radius 2 is 2.07 bits per heavy atom. The maximum Gasteiger partial charge on any atom is 0.126 e. The number of hydrogen-bond acceptors (Lipinski definition) is 6. The molecule has 0 spiro atoms. The Bertz CT molecular complexity index is 1030. The molecule has 6 heteroatoms. The van der Waals surface area contributed by atoms with Gasteiger partial charge in [0.2, 0.25) is 0 Å². The van der Waals surface area contributed by atoms with E-state index in [1.165, 1.54) is 0 Å². The van der Waals surface area contributed by atoms with Crippen molar-refractivity contribution in [1.82, 2.24) is 14.3 Å². The van der Waals surface area contributed by atoms with E-state index in [-0.39, 0.29) is 0 Å². The molecule has 0 aliphatic carbocycles. The van der Waals surface area contributed by atoms with Crippen LogP contribution in [0.15, 0.2) is 60.8 Å². The first-order valence-corrected chi connectivity index (χ1v) is 10.1. The van der Waals surface area contributed by atoms with Gasteiger partial charge in [0.25, 0.3) is 0 Å². The average Bonchev–Trinajstić information content (AvgIpc) is 2.75. The highest BCUT2D eigenvalue weighted by Crippen LogP contribution is 2.29. The number of hydrogen-bond donors (Lipinski definition) is 1. The molecule has 4 rings (SSSR count). The van der Waals surface area contributed by atoms with Crippen molar-refractivity contribution in [3.05, 3.63) is 66.3 Å². The highest BCUT2D eigenvalue weighted by molar-refractivity contribution is 7.99. The van der Waals surface area contributed by atoms with Gasteiger partial charge in [-0.3, -0.25) is 4.98 Å². The van der Waals surface area contributed by atoms with Crippen LogP contribution in [0.25, 0.3) is 22.0 Å². The Balaban J connectivity index is 1.60. The minimum Gasteiger partial charge on any atom is -0.367 e. The van der Waals surface area contributed by atoms with Gasteiger partial charge in [-0.05, 0) is 42.5 Å². The monoisotopic (exact) mass is 387 g/mol. The third-order valence-electron chi connectivity index (χ3n) is 4.94. The molecule has 1 aromatic carbocycles. The number of pyridine rings is 2. The van der Waals surface area contributed by atoms with E-state index >= 15 is 0 Å². The van der Waals surface area contributed by atoms with Gasteiger partial charge in [-0.15, -0.1) is 0 Å². The Kier molecular flexibility index (Phi) is 5.56. The SMILES string of the molecule is C=CSN1CCC(Nc2cc3c(-c4cccc(C#N)c4)nccc3cn2)CC1. The maximum atomic E-state index is 9.20. The number of piperidine rings is 1. The molecule has 1 saturated heterocycles. The van der Waals surface area contributed by atoms with Gasteiger partial charge in [0.15, 0.2) is 0 Å². The van der Waals surface area contributed by atoms with Gasteiger partial charge in [0.1, 0.15) is 5.82 Å². The fraction of sp³-hybridized carbons (Fsp3) is 0.227. The van der Waals surface area contributed by atoms with E-state index in [0.29, 0.717) is 11.6 Å². The van der Waals surface area contributed by atoms with Gasteiger partial charge >= 0.3 is 0 Å². The van der Waals surface area contributed by atoms with E-state index < -0.39 is 0 Å². The fourth-order valence-corrected chi connectivity index (χ4v) is 4.16. The zero-order chi connectivity index (χ0) is 19.3. The molecule has 140 valence electrons. The van der Waals surface area contributed by atoms with Crippen molar-refractivity contribution in [1.29, 1.82) is 5.26 Å². The lowest BCUT2D eigenvalue weighted by molar-refractivity contribution is 0.359. The number of fused-ring (bicyclic) bond motifs is 1. The van der Waals surface area contributed by atoms with Gasteiger partial charge in [-0.2, -0.15) is 5.26 Å². The number of rotatable bonds is 5. The van der Waals surface area contributed by atoms with E-state index in [1.807, 2.05) is 35.9 Å². The van der Waals surface area contributed by atoms with Crippen LogP contribution in [-0.2, 0) is 0 Å². The minimum absolute atomic E-state index is 0.411. The van der Waals surface area contributed by atoms with Crippen molar-refractivity contribution in [2.24, 2.45) is 0 Å². The van der Waals surface area contributed by atoms with Crippen molar-refractivity contribution in [3.8, 4) is 17.3 Å². The van der Waals surface area contributed by atoms with Gasteiger partial charge in [0.05, 0.1) is 17.3 Å². The van der Waals surface area contributed by atoms with E-state index in [0.717, 1.165) is 53.8 Å².